The van der Waals surface area contributed by atoms with Gasteiger partial charge in [-0.2, -0.15) is 0 Å². The van der Waals surface area contributed by atoms with Gasteiger partial charge in [0.1, 0.15) is 12.2 Å². The molecule has 0 saturated carbocycles. The van der Waals surface area contributed by atoms with E-state index in [2.05, 4.69) is 0 Å². The zero-order valence-electron chi connectivity index (χ0n) is 17.1. The molecule has 11 nitrogen and oxygen atoms in total. The lowest BCUT2D eigenvalue weighted by Gasteiger charge is -2.38. The molecule has 1 unspecified atom stereocenters. The molecule has 0 aromatic heterocycles. The summed E-state index contributed by atoms with van der Waals surface area (Å²) < 4.78 is 39.9. The van der Waals surface area contributed by atoms with Crippen LogP contribution in [-0.4, -0.2) is 66.4 Å². The number of nitrogens with zero attached hydrogens (tertiary/aromatic N) is 1. The maximum absolute atomic E-state index is 12.9. The fourth-order valence-corrected chi connectivity index (χ4v) is 4.99. The van der Waals surface area contributed by atoms with Crippen LogP contribution in [0.2, 0.25) is 0 Å². The molecule has 0 spiro atoms. The fraction of sp³-hybridized carbons (Fsp3) is 0.722. The number of fused-ring (bicyclic) bond motifs is 1. The Balaban J connectivity index is 1.63. The number of carbonyl (C=O) groups excluding carboxylic acids is 3. The van der Waals surface area contributed by atoms with Gasteiger partial charge in [-0.3, -0.25) is 32.9 Å². The maximum atomic E-state index is 12.9. The van der Waals surface area contributed by atoms with Crippen LogP contribution in [-0.2, 0) is 42.0 Å². The van der Waals surface area contributed by atoms with Crippen LogP contribution < -0.4 is 5.73 Å². The molecule has 2 fully saturated rings. The topological polar surface area (TPSA) is 144 Å². The van der Waals surface area contributed by atoms with Gasteiger partial charge in [-0.15, -0.1) is 0 Å². The average Bonchev–Trinajstić information content (AvgIpc) is 2.92. The standard InChI is InChI=1S/C18H27N2O9P/c1-4-25-16(23)11(2)6-8-26-30(24)27-10-13-15(29-30)18(3,19)17(28-13)20-7-5-12(21)9-14(20)22/h5,7,11,13,15,17H,4,6,8-10,19H2,1-3H3/t11?,13-,15-,17-,18-,30+/m1/s1. The number of allylic oxidation sites excluding steroid dienone is 1. The van der Waals surface area contributed by atoms with Gasteiger partial charge in [-0.25, -0.2) is 4.57 Å². The summed E-state index contributed by atoms with van der Waals surface area (Å²) in [6, 6.07) is 0. The van der Waals surface area contributed by atoms with Crippen molar-refractivity contribution in [3.05, 3.63) is 12.3 Å². The van der Waals surface area contributed by atoms with Gasteiger partial charge in [-0.1, -0.05) is 6.92 Å². The van der Waals surface area contributed by atoms with Crippen molar-refractivity contribution < 1.29 is 42.0 Å². The molecular formula is C18H27N2O9P. The average molecular weight is 446 g/mol. The minimum absolute atomic E-state index is 0.0460. The second-order valence-corrected chi connectivity index (χ2v) is 9.32. The van der Waals surface area contributed by atoms with Crippen LogP contribution >= 0.6 is 7.82 Å². The van der Waals surface area contributed by atoms with Gasteiger partial charge in [0.15, 0.2) is 12.0 Å². The Hall–Kier alpha value is -1.62. The van der Waals surface area contributed by atoms with Gasteiger partial charge in [0.25, 0.3) is 0 Å². The van der Waals surface area contributed by atoms with Gasteiger partial charge in [0, 0.05) is 6.20 Å². The lowest BCUT2D eigenvalue weighted by molar-refractivity contribution is -0.148. The molecule has 0 aromatic carbocycles. The van der Waals surface area contributed by atoms with Crippen molar-refractivity contribution in [2.45, 2.75) is 57.6 Å². The fourth-order valence-electron chi connectivity index (χ4n) is 3.50. The highest BCUT2D eigenvalue weighted by atomic mass is 31.2. The Morgan fingerprint density at radius 2 is 2.20 bits per heavy atom. The van der Waals surface area contributed by atoms with E-state index in [1.807, 2.05) is 0 Å². The summed E-state index contributed by atoms with van der Waals surface area (Å²) in [5.41, 5.74) is 5.18. The highest BCUT2D eigenvalue weighted by molar-refractivity contribution is 7.48. The number of amides is 1. The highest BCUT2D eigenvalue weighted by Crippen LogP contribution is 2.57. The molecule has 2 saturated heterocycles. The molecule has 2 N–H and O–H groups in total. The second kappa shape index (κ2) is 8.86. The molecule has 1 amide bonds. The number of nitrogens with two attached hydrogens (primary N) is 1. The van der Waals surface area contributed by atoms with Gasteiger partial charge >= 0.3 is 13.8 Å². The quantitative estimate of drug-likeness (QED) is 0.340. The molecule has 12 heteroatoms. The molecule has 0 bridgehead atoms. The molecule has 0 aromatic rings. The van der Waals surface area contributed by atoms with Crippen molar-refractivity contribution in [2.75, 3.05) is 19.8 Å². The van der Waals surface area contributed by atoms with Crippen molar-refractivity contribution in [1.29, 1.82) is 0 Å². The maximum Gasteiger partial charge on any atom is 0.475 e. The number of phosphoric acid groups is 1. The lowest BCUT2D eigenvalue weighted by Crippen LogP contribution is -2.60. The number of esters is 1. The number of phosphoric ester groups is 1. The van der Waals surface area contributed by atoms with Gasteiger partial charge in [0.05, 0.1) is 37.7 Å². The number of carbonyl (C=O) groups is 3. The zero-order valence-corrected chi connectivity index (χ0v) is 18.0. The first-order chi connectivity index (χ1) is 14.1. The van der Waals surface area contributed by atoms with E-state index in [-0.39, 0.29) is 44.4 Å². The molecule has 0 radical (unpaired) electrons. The zero-order chi connectivity index (χ0) is 22.1. The van der Waals surface area contributed by atoms with Crippen LogP contribution in [0, 0.1) is 5.92 Å². The van der Waals surface area contributed by atoms with Crippen LogP contribution in [0.5, 0.6) is 0 Å². The summed E-state index contributed by atoms with van der Waals surface area (Å²) in [6.07, 6.45) is 0.122. The Labute approximate surface area is 174 Å². The number of rotatable bonds is 7. The molecule has 3 heterocycles. The van der Waals surface area contributed by atoms with Crippen molar-refractivity contribution >= 4 is 25.5 Å². The van der Waals surface area contributed by atoms with E-state index in [0.717, 1.165) is 0 Å². The van der Waals surface area contributed by atoms with E-state index in [1.54, 1.807) is 20.8 Å². The summed E-state index contributed by atoms with van der Waals surface area (Å²) in [5, 5.41) is 0. The van der Waals surface area contributed by atoms with E-state index in [0.29, 0.717) is 0 Å². The van der Waals surface area contributed by atoms with Crippen molar-refractivity contribution in [3.8, 4) is 0 Å². The molecule has 3 aliphatic rings. The molecule has 30 heavy (non-hydrogen) atoms. The largest absolute Gasteiger partial charge is 0.475 e. The lowest BCUT2D eigenvalue weighted by atomic mass is 9.92. The van der Waals surface area contributed by atoms with E-state index in [9.17, 15) is 18.9 Å². The minimum atomic E-state index is -3.94. The first-order valence-corrected chi connectivity index (χ1v) is 11.2. The predicted molar refractivity (Wildman–Crippen MR) is 102 cm³/mol. The molecule has 6 atom stereocenters. The van der Waals surface area contributed by atoms with Crippen LogP contribution in [0.4, 0.5) is 0 Å². The summed E-state index contributed by atoms with van der Waals surface area (Å²) in [5.74, 6) is -1.56. The normalized spacial score (nSPS) is 37.2. The summed E-state index contributed by atoms with van der Waals surface area (Å²) in [6.45, 7) is 5.12. The number of hydrogen-bond donors (Lipinski definition) is 1. The predicted octanol–water partition coefficient (Wildman–Crippen LogP) is 0.873. The van der Waals surface area contributed by atoms with E-state index in [4.69, 9.17) is 28.8 Å². The van der Waals surface area contributed by atoms with Gasteiger partial charge in [0.2, 0.25) is 5.91 Å². The summed E-state index contributed by atoms with van der Waals surface area (Å²) in [4.78, 5) is 36.6. The Bertz CT molecular complexity index is 784. The Kier molecular flexibility index (Phi) is 6.81. The van der Waals surface area contributed by atoms with E-state index in [1.165, 1.54) is 17.2 Å². The van der Waals surface area contributed by atoms with Crippen LogP contribution in [0.15, 0.2) is 12.3 Å². The van der Waals surface area contributed by atoms with Gasteiger partial charge < -0.3 is 15.2 Å². The van der Waals surface area contributed by atoms with Crippen LogP contribution in [0.1, 0.15) is 33.6 Å². The first kappa shape index (κ1) is 23.1. The highest BCUT2D eigenvalue weighted by Gasteiger charge is 2.60. The third kappa shape index (κ3) is 4.66. The smallest absolute Gasteiger partial charge is 0.466 e. The third-order valence-electron chi connectivity index (χ3n) is 5.20. The molecular weight excluding hydrogens is 419 g/mol. The van der Waals surface area contributed by atoms with Crippen LogP contribution in [0.3, 0.4) is 0 Å². The van der Waals surface area contributed by atoms with E-state index >= 15 is 0 Å². The SMILES string of the molecule is CCOC(=O)C(C)CCO[P@@]1(=O)OC[C@H]2O[C@@H](N3C=CC(=O)CC3=O)[C@](C)(N)[C@@H]2O1. The Morgan fingerprint density at radius 3 is 2.87 bits per heavy atom. The van der Waals surface area contributed by atoms with Gasteiger partial charge in [-0.05, 0) is 26.3 Å². The molecule has 0 aliphatic carbocycles. The third-order valence-corrected chi connectivity index (χ3v) is 6.65. The van der Waals surface area contributed by atoms with Crippen molar-refractivity contribution in [3.63, 3.8) is 0 Å². The molecule has 168 valence electrons. The minimum Gasteiger partial charge on any atom is -0.466 e. The first-order valence-electron chi connectivity index (χ1n) is 9.78. The second-order valence-electron chi connectivity index (χ2n) is 7.70. The Morgan fingerprint density at radius 1 is 1.47 bits per heavy atom. The molecule has 3 aliphatic heterocycles. The number of hydrogen-bond acceptors (Lipinski definition) is 10. The van der Waals surface area contributed by atoms with E-state index < -0.39 is 43.6 Å². The summed E-state index contributed by atoms with van der Waals surface area (Å²) >= 11 is 0. The van der Waals surface area contributed by atoms with Crippen molar-refractivity contribution in [2.24, 2.45) is 11.7 Å². The van der Waals surface area contributed by atoms with Crippen molar-refractivity contribution in [1.82, 2.24) is 4.90 Å². The number of ketones is 1. The molecule has 3 rings (SSSR count). The summed E-state index contributed by atoms with van der Waals surface area (Å²) in [7, 11) is -3.94. The monoisotopic (exact) mass is 446 g/mol. The number of ether oxygens (including phenoxy) is 2. The van der Waals surface area contributed by atoms with Crippen LogP contribution in [0.25, 0.3) is 0 Å².